The van der Waals surface area contributed by atoms with E-state index in [0.29, 0.717) is 0 Å². The van der Waals surface area contributed by atoms with Crippen LogP contribution in [-0.4, -0.2) is 4.98 Å². The Morgan fingerprint density at radius 2 is 2.00 bits per heavy atom. The number of nitrogens with zero attached hydrogens (tertiary/aromatic N) is 1. The van der Waals surface area contributed by atoms with Crippen molar-refractivity contribution in [1.29, 1.82) is 0 Å². The van der Waals surface area contributed by atoms with Gasteiger partial charge in [0.25, 0.3) is 0 Å². The Hall–Kier alpha value is -1.03. The molecule has 0 aliphatic carbocycles. The summed E-state index contributed by atoms with van der Waals surface area (Å²) in [6, 6.07) is 11.7. The molecule has 1 atom stereocenters. The monoisotopic (exact) mass is 264 g/mol. The molecule has 2 nitrogen and oxygen atoms in total. The smallest absolute Gasteiger partial charge is 0.101 e. The van der Waals surface area contributed by atoms with Crippen LogP contribution in [0.15, 0.2) is 52.5 Å². The van der Waals surface area contributed by atoms with Crippen LogP contribution in [-0.2, 0) is 0 Å². The number of aromatic nitrogens is 1. The number of nitrogens with two attached hydrogens (primary N) is 1. The van der Waals surface area contributed by atoms with Crippen LogP contribution in [0.2, 0.25) is 5.02 Å². The summed E-state index contributed by atoms with van der Waals surface area (Å²) in [6.07, 6.45) is 1.81. The number of hydrogen-bond acceptors (Lipinski definition) is 3. The molecule has 0 unspecified atom stereocenters. The maximum Gasteiger partial charge on any atom is 0.101 e. The van der Waals surface area contributed by atoms with Gasteiger partial charge in [0.2, 0.25) is 0 Å². The van der Waals surface area contributed by atoms with Crippen molar-refractivity contribution in [2.45, 2.75) is 22.9 Å². The third-order valence-electron chi connectivity index (χ3n) is 2.34. The fourth-order valence-electron chi connectivity index (χ4n) is 1.36. The molecule has 4 heteroatoms. The number of pyridine rings is 1. The van der Waals surface area contributed by atoms with E-state index in [-0.39, 0.29) is 6.04 Å². The Morgan fingerprint density at radius 1 is 1.24 bits per heavy atom. The standard InChI is InChI=1S/C13H13ClN2S/c1-9(15)10-6-7-13(16-8-10)17-12-5-3-2-4-11(12)14/h2-9H,15H2,1H3/t9-/m1/s1. The molecule has 1 aromatic heterocycles. The molecule has 17 heavy (non-hydrogen) atoms. The summed E-state index contributed by atoms with van der Waals surface area (Å²) in [6.45, 7) is 1.94. The van der Waals surface area contributed by atoms with E-state index in [1.165, 1.54) is 0 Å². The number of rotatable bonds is 3. The highest BCUT2D eigenvalue weighted by Crippen LogP contribution is 2.31. The summed E-state index contributed by atoms with van der Waals surface area (Å²) in [5.41, 5.74) is 6.81. The molecule has 0 bridgehead atoms. The second kappa shape index (κ2) is 5.54. The van der Waals surface area contributed by atoms with Crippen LogP contribution >= 0.6 is 23.4 Å². The minimum Gasteiger partial charge on any atom is -0.324 e. The van der Waals surface area contributed by atoms with Crippen LogP contribution in [0.4, 0.5) is 0 Å². The quantitative estimate of drug-likeness (QED) is 0.914. The van der Waals surface area contributed by atoms with E-state index in [4.69, 9.17) is 17.3 Å². The first-order valence-electron chi connectivity index (χ1n) is 5.31. The summed E-state index contributed by atoms with van der Waals surface area (Å²) >= 11 is 7.64. The topological polar surface area (TPSA) is 38.9 Å². The van der Waals surface area contributed by atoms with Gasteiger partial charge in [0.05, 0.1) is 5.02 Å². The zero-order chi connectivity index (χ0) is 12.3. The van der Waals surface area contributed by atoms with Gasteiger partial charge in [-0.15, -0.1) is 0 Å². The minimum absolute atomic E-state index is 0.0156. The van der Waals surface area contributed by atoms with Crippen molar-refractivity contribution >= 4 is 23.4 Å². The normalized spacial score (nSPS) is 12.4. The molecule has 0 saturated heterocycles. The van der Waals surface area contributed by atoms with Crippen LogP contribution in [0.1, 0.15) is 18.5 Å². The lowest BCUT2D eigenvalue weighted by Gasteiger charge is -2.06. The van der Waals surface area contributed by atoms with Gasteiger partial charge in [0.15, 0.2) is 0 Å². The third-order valence-corrected chi connectivity index (χ3v) is 3.80. The van der Waals surface area contributed by atoms with E-state index in [1.54, 1.807) is 11.8 Å². The summed E-state index contributed by atoms with van der Waals surface area (Å²) in [5.74, 6) is 0. The molecular weight excluding hydrogens is 252 g/mol. The second-order valence-corrected chi connectivity index (χ2v) is 5.22. The molecule has 0 spiro atoms. The zero-order valence-corrected chi connectivity index (χ0v) is 11.0. The lowest BCUT2D eigenvalue weighted by molar-refractivity contribution is 0.806. The zero-order valence-electron chi connectivity index (χ0n) is 9.43. The summed E-state index contributed by atoms with van der Waals surface area (Å²) in [7, 11) is 0. The molecule has 2 N–H and O–H groups in total. The maximum atomic E-state index is 6.09. The van der Waals surface area contributed by atoms with Crippen LogP contribution in [0.3, 0.4) is 0 Å². The first-order valence-corrected chi connectivity index (χ1v) is 6.50. The number of hydrogen-bond donors (Lipinski definition) is 1. The third kappa shape index (κ3) is 3.22. The first kappa shape index (κ1) is 12.4. The Morgan fingerprint density at radius 3 is 2.59 bits per heavy atom. The summed E-state index contributed by atoms with van der Waals surface area (Å²) in [4.78, 5) is 5.37. The SMILES string of the molecule is C[C@@H](N)c1ccc(Sc2ccccc2Cl)nc1. The first-order chi connectivity index (χ1) is 8.16. The molecule has 1 heterocycles. The average Bonchev–Trinajstić information content (AvgIpc) is 2.33. The average molecular weight is 265 g/mol. The van der Waals surface area contributed by atoms with Gasteiger partial charge in [-0.2, -0.15) is 0 Å². The largest absolute Gasteiger partial charge is 0.324 e. The van der Waals surface area contributed by atoms with Gasteiger partial charge in [0, 0.05) is 17.1 Å². The molecule has 0 radical (unpaired) electrons. The molecule has 88 valence electrons. The van der Waals surface area contributed by atoms with E-state index in [0.717, 1.165) is 20.5 Å². The second-order valence-electron chi connectivity index (χ2n) is 3.75. The Labute approximate surface area is 110 Å². The Balaban J connectivity index is 2.17. The lowest BCUT2D eigenvalue weighted by Crippen LogP contribution is -2.04. The van der Waals surface area contributed by atoms with E-state index >= 15 is 0 Å². The highest BCUT2D eigenvalue weighted by molar-refractivity contribution is 7.99. The lowest BCUT2D eigenvalue weighted by atomic mass is 10.2. The van der Waals surface area contributed by atoms with Crippen molar-refractivity contribution in [2.24, 2.45) is 5.73 Å². The van der Waals surface area contributed by atoms with E-state index in [1.807, 2.05) is 49.5 Å². The molecular formula is C13H13ClN2S. The molecule has 0 fully saturated rings. The minimum atomic E-state index is 0.0156. The molecule has 0 amide bonds. The molecule has 2 aromatic rings. The molecule has 2 rings (SSSR count). The highest BCUT2D eigenvalue weighted by Gasteiger charge is 2.04. The summed E-state index contributed by atoms with van der Waals surface area (Å²) < 4.78 is 0. The van der Waals surface area contributed by atoms with Crippen molar-refractivity contribution in [3.05, 3.63) is 53.2 Å². The number of benzene rings is 1. The van der Waals surface area contributed by atoms with Crippen molar-refractivity contribution < 1.29 is 0 Å². The molecule has 0 aliphatic heterocycles. The van der Waals surface area contributed by atoms with Gasteiger partial charge >= 0.3 is 0 Å². The van der Waals surface area contributed by atoms with Crippen LogP contribution in [0.5, 0.6) is 0 Å². The van der Waals surface area contributed by atoms with Gasteiger partial charge in [-0.05, 0) is 30.7 Å². The predicted octanol–water partition coefficient (Wildman–Crippen LogP) is 3.91. The molecule has 0 saturated carbocycles. The van der Waals surface area contributed by atoms with Crippen molar-refractivity contribution in [1.82, 2.24) is 4.98 Å². The van der Waals surface area contributed by atoms with Gasteiger partial charge in [-0.25, -0.2) is 4.98 Å². The van der Waals surface area contributed by atoms with Gasteiger partial charge < -0.3 is 5.73 Å². The van der Waals surface area contributed by atoms with E-state index in [9.17, 15) is 0 Å². The Bertz CT molecular complexity index is 497. The predicted molar refractivity (Wildman–Crippen MR) is 72.4 cm³/mol. The number of halogens is 1. The van der Waals surface area contributed by atoms with Crippen LogP contribution < -0.4 is 5.73 Å². The van der Waals surface area contributed by atoms with Crippen molar-refractivity contribution in [2.75, 3.05) is 0 Å². The van der Waals surface area contributed by atoms with Gasteiger partial charge in [-0.3, -0.25) is 0 Å². The van der Waals surface area contributed by atoms with E-state index in [2.05, 4.69) is 4.98 Å². The highest BCUT2D eigenvalue weighted by atomic mass is 35.5. The van der Waals surface area contributed by atoms with Crippen molar-refractivity contribution in [3.63, 3.8) is 0 Å². The molecule has 1 aromatic carbocycles. The van der Waals surface area contributed by atoms with E-state index < -0.39 is 0 Å². The maximum absolute atomic E-state index is 6.09. The Kier molecular flexibility index (Phi) is 4.05. The van der Waals surface area contributed by atoms with Crippen LogP contribution in [0, 0.1) is 0 Å². The summed E-state index contributed by atoms with van der Waals surface area (Å²) in [5, 5.41) is 1.66. The van der Waals surface area contributed by atoms with Crippen LogP contribution in [0.25, 0.3) is 0 Å². The molecule has 0 aliphatic rings. The van der Waals surface area contributed by atoms with Gasteiger partial charge in [0.1, 0.15) is 5.03 Å². The van der Waals surface area contributed by atoms with Gasteiger partial charge in [-0.1, -0.05) is 41.6 Å². The fraction of sp³-hybridized carbons (Fsp3) is 0.154. The fourth-order valence-corrected chi connectivity index (χ4v) is 2.39. The van der Waals surface area contributed by atoms with Crippen molar-refractivity contribution in [3.8, 4) is 0 Å².